The highest BCUT2D eigenvalue weighted by molar-refractivity contribution is 6.38. The molecule has 0 unspecified atom stereocenters. The van der Waals surface area contributed by atoms with Gasteiger partial charge in [-0.3, -0.25) is 24.0 Å². The number of fused-ring (bicyclic) bond motifs is 3. The molecule has 0 spiro atoms. The maximum atomic E-state index is 14.1. The van der Waals surface area contributed by atoms with Gasteiger partial charge in [0.15, 0.2) is 0 Å². The molecule has 0 bridgehead atoms. The minimum absolute atomic E-state index is 0.0896. The van der Waals surface area contributed by atoms with E-state index in [1.807, 2.05) is 30.3 Å². The Bertz CT molecular complexity index is 1360. The molecule has 1 saturated carbocycles. The van der Waals surface area contributed by atoms with Crippen LogP contribution in [0, 0.1) is 17.3 Å². The number of benzene rings is 1. The van der Waals surface area contributed by atoms with Crippen LogP contribution in [-0.4, -0.2) is 77.2 Å². The number of alkyl carbamates (subject to hydrolysis) is 1. The first-order valence-corrected chi connectivity index (χ1v) is 17.9. The first-order chi connectivity index (χ1) is 23.2. The van der Waals surface area contributed by atoms with Gasteiger partial charge < -0.3 is 30.9 Å². The van der Waals surface area contributed by atoms with Gasteiger partial charge in [0, 0.05) is 13.1 Å². The molecule has 3 aliphatic rings. The molecule has 49 heavy (non-hydrogen) atoms. The Labute approximate surface area is 290 Å². The van der Waals surface area contributed by atoms with Gasteiger partial charge in [-0.1, -0.05) is 95.5 Å². The molecule has 0 aromatic heterocycles. The quantitative estimate of drug-likeness (QED) is 0.319. The molecule has 1 aliphatic carbocycles. The van der Waals surface area contributed by atoms with Gasteiger partial charge in [-0.15, -0.1) is 0 Å². The summed E-state index contributed by atoms with van der Waals surface area (Å²) in [6, 6.07) is 6.50. The minimum atomic E-state index is -1.11. The van der Waals surface area contributed by atoms with Crippen molar-refractivity contribution in [2.45, 2.75) is 129 Å². The molecule has 270 valence electrons. The number of carbonyl (C=O) groups is 6. The highest BCUT2D eigenvalue weighted by atomic mass is 16.6. The van der Waals surface area contributed by atoms with E-state index in [4.69, 9.17) is 4.74 Å². The zero-order valence-corrected chi connectivity index (χ0v) is 29.8. The second kappa shape index (κ2) is 16.6. The fourth-order valence-corrected chi connectivity index (χ4v) is 7.27. The maximum absolute atomic E-state index is 14.1. The van der Waals surface area contributed by atoms with Crippen molar-refractivity contribution >= 4 is 35.5 Å². The van der Waals surface area contributed by atoms with Gasteiger partial charge in [-0.2, -0.15) is 0 Å². The zero-order chi connectivity index (χ0) is 35.8. The molecule has 2 heterocycles. The fraction of sp³-hybridized carbons (Fsp3) is 0.676. The van der Waals surface area contributed by atoms with Crippen LogP contribution in [0.4, 0.5) is 4.79 Å². The Kier molecular flexibility index (Phi) is 12.8. The van der Waals surface area contributed by atoms with Crippen LogP contribution < -0.4 is 21.3 Å². The van der Waals surface area contributed by atoms with E-state index in [0.717, 1.165) is 50.5 Å². The van der Waals surface area contributed by atoms with Gasteiger partial charge in [-0.05, 0) is 56.4 Å². The summed E-state index contributed by atoms with van der Waals surface area (Å²) in [5, 5.41) is 10.7. The summed E-state index contributed by atoms with van der Waals surface area (Å²) in [4.78, 5) is 81.5. The molecule has 1 aromatic carbocycles. The summed E-state index contributed by atoms with van der Waals surface area (Å²) in [5.41, 5.74) is -0.0312. The number of nitrogens with zero attached hydrogens (tertiary/aromatic N) is 1. The average molecular weight is 682 g/mol. The number of nitrogens with one attached hydrogen (secondary N) is 4. The lowest BCUT2D eigenvalue weighted by molar-refractivity contribution is -0.144. The third kappa shape index (κ3) is 10.5. The number of ketones is 1. The van der Waals surface area contributed by atoms with Gasteiger partial charge in [0.2, 0.25) is 23.5 Å². The van der Waals surface area contributed by atoms with E-state index >= 15 is 0 Å². The SMILES string of the molecule is CC(C)(C)OC(=O)N[C@H]1CCCCCCCCCC[C@@H](C(=O)C(=O)NCC(=O)NCc2ccccc2)NC(=O)[C@@H]2[C@H]3[C@@H](CN2C1=O)C3(C)C. The molecule has 0 radical (unpaired) electrons. The lowest BCUT2D eigenvalue weighted by atomic mass is 9.97. The van der Waals surface area contributed by atoms with E-state index in [-0.39, 0.29) is 42.7 Å². The summed E-state index contributed by atoms with van der Waals surface area (Å²) in [5.74, 6) is -3.09. The van der Waals surface area contributed by atoms with Crippen LogP contribution in [-0.2, 0) is 35.3 Å². The smallest absolute Gasteiger partial charge is 0.408 e. The van der Waals surface area contributed by atoms with E-state index in [0.29, 0.717) is 19.4 Å². The zero-order valence-electron chi connectivity index (χ0n) is 29.8. The Morgan fingerprint density at radius 3 is 2.14 bits per heavy atom. The van der Waals surface area contributed by atoms with Crippen LogP contribution in [0.3, 0.4) is 0 Å². The van der Waals surface area contributed by atoms with Gasteiger partial charge in [-0.25, -0.2) is 4.79 Å². The van der Waals surface area contributed by atoms with Gasteiger partial charge in [0.25, 0.3) is 5.91 Å². The third-order valence-electron chi connectivity index (χ3n) is 10.1. The molecule has 12 heteroatoms. The fourth-order valence-electron chi connectivity index (χ4n) is 7.27. The molecular weight excluding hydrogens is 626 g/mol. The molecule has 12 nitrogen and oxygen atoms in total. The van der Waals surface area contributed by atoms with Crippen molar-refractivity contribution in [3.8, 4) is 0 Å². The van der Waals surface area contributed by atoms with Crippen molar-refractivity contribution in [1.82, 2.24) is 26.2 Å². The van der Waals surface area contributed by atoms with Gasteiger partial charge in [0.05, 0.1) is 12.6 Å². The standard InChI is InChI=1S/C37H55N5O7/c1-36(2,3)49-35(48)41-27-20-16-11-9-7-6-8-10-15-19-26(40-32(45)30-29-25(37(29,4)5)23-42(30)34(27)47)31(44)33(46)39-22-28(43)38-21-24-17-13-12-14-18-24/h12-14,17-18,25-27,29-30H,6-11,15-16,19-23H2,1-5H3,(H,38,43)(H,39,46)(H,40,45)(H,41,48)/t25-,26+,27+,29-,30+/m1/s1. The summed E-state index contributed by atoms with van der Waals surface area (Å²) in [6.07, 6.45) is 7.12. The van der Waals surface area contributed by atoms with Crippen LogP contribution >= 0.6 is 0 Å². The second-order valence-corrected chi connectivity index (χ2v) is 15.4. The number of piperidine rings is 1. The number of hydrogen-bond donors (Lipinski definition) is 4. The highest BCUT2D eigenvalue weighted by Gasteiger charge is 2.69. The number of amides is 5. The largest absolute Gasteiger partial charge is 0.444 e. The predicted octanol–water partition coefficient (Wildman–Crippen LogP) is 3.76. The average Bonchev–Trinajstić information content (AvgIpc) is 3.35. The number of ether oxygens (including phenoxy) is 1. The molecular formula is C37H55N5O7. The lowest BCUT2D eigenvalue weighted by Crippen LogP contribution is -2.58. The van der Waals surface area contributed by atoms with Crippen molar-refractivity contribution < 1.29 is 33.5 Å². The Balaban J connectivity index is 1.48. The van der Waals surface area contributed by atoms with Crippen molar-refractivity contribution in [2.75, 3.05) is 13.1 Å². The predicted molar refractivity (Wildman–Crippen MR) is 184 cm³/mol. The summed E-state index contributed by atoms with van der Waals surface area (Å²) in [7, 11) is 0. The van der Waals surface area contributed by atoms with Crippen LogP contribution in [0.5, 0.6) is 0 Å². The molecule has 5 atom stereocenters. The molecule has 5 amide bonds. The highest BCUT2D eigenvalue weighted by Crippen LogP contribution is 2.65. The molecule has 4 rings (SSSR count). The number of rotatable bonds is 7. The lowest BCUT2D eigenvalue weighted by Gasteiger charge is -2.34. The van der Waals surface area contributed by atoms with E-state index < -0.39 is 53.3 Å². The van der Waals surface area contributed by atoms with E-state index in [9.17, 15) is 28.8 Å². The maximum Gasteiger partial charge on any atom is 0.408 e. The van der Waals surface area contributed by atoms with Crippen LogP contribution in [0.25, 0.3) is 0 Å². The van der Waals surface area contributed by atoms with Gasteiger partial charge in [0.1, 0.15) is 17.7 Å². The van der Waals surface area contributed by atoms with Crippen LogP contribution in [0.15, 0.2) is 30.3 Å². The topological polar surface area (TPSA) is 163 Å². The summed E-state index contributed by atoms with van der Waals surface area (Å²) >= 11 is 0. The van der Waals surface area contributed by atoms with E-state index in [1.54, 1.807) is 25.7 Å². The summed E-state index contributed by atoms with van der Waals surface area (Å²) in [6.45, 7) is 9.66. The Morgan fingerprint density at radius 2 is 1.51 bits per heavy atom. The van der Waals surface area contributed by atoms with Crippen molar-refractivity contribution in [1.29, 1.82) is 0 Å². The van der Waals surface area contributed by atoms with E-state index in [2.05, 4.69) is 35.1 Å². The van der Waals surface area contributed by atoms with Gasteiger partial charge >= 0.3 is 6.09 Å². The van der Waals surface area contributed by atoms with Crippen LogP contribution in [0.2, 0.25) is 0 Å². The normalized spacial score (nSPS) is 26.2. The molecule has 4 N–H and O–H groups in total. The monoisotopic (exact) mass is 681 g/mol. The number of hydrogen-bond acceptors (Lipinski definition) is 7. The summed E-state index contributed by atoms with van der Waals surface area (Å²) < 4.78 is 5.47. The number of Topliss-reactive ketones (excluding diaryl/α,β-unsaturated/α-hetero) is 1. The van der Waals surface area contributed by atoms with Crippen molar-refractivity contribution in [2.24, 2.45) is 17.3 Å². The third-order valence-corrected chi connectivity index (χ3v) is 10.1. The Morgan fingerprint density at radius 1 is 0.898 bits per heavy atom. The van der Waals surface area contributed by atoms with Crippen molar-refractivity contribution in [3.05, 3.63) is 35.9 Å². The molecule has 1 aromatic rings. The van der Waals surface area contributed by atoms with E-state index in [1.165, 1.54) is 0 Å². The molecule has 2 saturated heterocycles. The second-order valence-electron chi connectivity index (χ2n) is 15.4. The minimum Gasteiger partial charge on any atom is -0.444 e. The molecule has 3 fully saturated rings. The Hall–Kier alpha value is -3.96. The molecule has 2 aliphatic heterocycles. The first kappa shape index (κ1) is 37.9. The van der Waals surface area contributed by atoms with Crippen molar-refractivity contribution in [3.63, 3.8) is 0 Å². The first-order valence-electron chi connectivity index (χ1n) is 17.9. The number of carbonyl (C=O) groups excluding carboxylic acids is 6. The van der Waals surface area contributed by atoms with Crippen LogP contribution in [0.1, 0.15) is 104 Å².